The molecule has 2 nitrogen and oxygen atoms in total. The Hall–Kier alpha value is -1.50. The van der Waals surface area contributed by atoms with Crippen LogP contribution in [0.1, 0.15) is 69.9 Å². The van der Waals surface area contributed by atoms with Gasteiger partial charge in [0.1, 0.15) is 0 Å². The normalized spacial score (nSPS) is 15.8. The van der Waals surface area contributed by atoms with E-state index in [9.17, 15) is 4.79 Å². The fourth-order valence-corrected chi connectivity index (χ4v) is 3.63. The molecule has 0 aromatic heterocycles. The lowest BCUT2D eigenvalue weighted by atomic mass is 9.80. The average molecular weight is 333 g/mol. The van der Waals surface area contributed by atoms with Crippen LogP contribution in [0.5, 0.6) is 0 Å². The molecule has 0 amide bonds. The highest BCUT2D eigenvalue weighted by Gasteiger charge is 2.22. The Morgan fingerprint density at radius 3 is 2.43 bits per heavy atom. The predicted molar refractivity (Wildman–Crippen MR) is 95.9 cm³/mol. The predicted octanol–water partition coefficient (Wildman–Crippen LogP) is 6.06. The molecule has 1 N–H and O–H groups in total. The summed E-state index contributed by atoms with van der Waals surface area (Å²) in [5.74, 6) is -0.432. The highest BCUT2D eigenvalue weighted by Crippen LogP contribution is 2.39. The summed E-state index contributed by atoms with van der Waals surface area (Å²) in [6.07, 6.45) is 7.36. The summed E-state index contributed by atoms with van der Waals surface area (Å²) in [7, 11) is 0. The Labute approximate surface area is 143 Å². The molecule has 0 atom stereocenters. The number of halogens is 1. The minimum Gasteiger partial charge on any atom is -0.478 e. The largest absolute Gasteiger partial charge is 0.478 e. The number of carboxylic acid groups (broad SMARTS) is 1. The van der Waals surface area contributed by atoms with Crippen LogP contribution >= 0.6 is 11.6 Å². The second kappa shape index (κ2) is 7.38. The van der Waals surface area contributed by atoms with E-state index >= 15 is 0 Å². The SMILES string of the molecule is CC(C)(C)C(=C=CC(=O)O)c1ccc(C2CCCCC2)c(Cl)c1. The summed E-state index contributed by atoms with van der Waals surface area (Å²) >= 11 is 6.55. The third-order valence-corrected chi connectivity index (χ3v) is 4.75. The molecule has 0 saturated heterocycles. The lowest BCUT2D eigenvalue weighted by Crippen LogP contribution is -2.09. The van der Waals surface area contributed by atoms with Crippen molar-refractivity contribution in [3.05, 3.63) is 46.2 Å². The molecule has 1 aliphatic rings. The smallest absolute Gasteiger partial charge is 0.336 e. The van der Waals surface area contributed by atoms with E-state index in [1.54, 1.807) is 0 Å². The quantitative estimate of drug-likeness (QED) is 0.539. The molecule has 2 rings (SSSR count). The topological polar surface area (TPSA) is 37.3 Å². The van der Waals surface area contributed by atoms with E-state index in [1.807, 2.05) is 26.8 Å². The van der Waals surface area contributed by atoms with Crippen LogP contribution in [-0.4, -0.2) is 11.1 Å². The molecule has 1 fully saturated rings. The first-order valence-corrected chi connectivity index (χ1v) is 8.67. The molecule has 1 saturated carbocycles. The van der Waals surface area contributed by atoms with Crippen LogP contribution in [-0.2, 0) is 4.79 Å². The van der Waals surface area contributed by atoms with Gasteiger partial charge in [-0.1, -0.05) is 63.8 Å². The van der Waals surface area contributed by atoms with Gasteiger partial charge in [0.05, 0.1) is 6.08 Å². The molecule has 0 unspecified atom stereocenters. The summed E-state index contributed by atoms with van der Waals surface area (Å²) in [6.45, 7) is 6.15. The van der Waals surface area contributed by atoms with Crippen molar-refractivity contribution in [3.8, 4) is 0 Å². The minimum atomic E-state index is -0.989. The van der Waals surface area contributed by atoms with Gasteiger partial charge in [-0.15, -0.1) is 5.73 Å². The van der Waals surface area contributed by atoms with Gasteiger partial charge >= 0.3 is 5.97 Å². The summed E-state index contributed by atoms with van der Waals surface area (Å²) in [5, 5.41) is 9.67. The molecule has 0 heterocycles. The lowest BCUT2D eigenvalue weighted by Gasteiger charge is -2.25. The average Bonchev–Trinajstić information content (AvgIpc) is 2.46. The molecule has 0 aliphatic heterocycles. The van der Waals surface area contributed by atoms with Crippen molar-refractivity contribution < 1.29 is 9.90 Å². The molecular formula is C20H25ClO2. The monoisotopic (exact) mass is 332 g/mol. The lowest BCUT2D eigenvalue weighted by molar-refractivity contribution is -0.131. The zero-order valence-corrected chi connectivity index (χ0v) is 14.9. The van der Waals surface area contributed by atoms with E-state index in [4.69, 9.17) is 16.7 Å². The Kier molecular flexibility index (Phi) is 5.73. The number of rotatable bonds is 3. The first-order valence-electron chi connectivity index (χ1n) is 8.29. The van der Waals surface area contributed by atoms with Crippen LogP contribution in [0.25, 0.3) is 5.57 Å². The number of benzene rings is 1. The minimum absolute atomic E-state index is 0.207. The molecule has 1 aliphatic carbocycles. The Balaban J connectivity index is 2.40. The van der Waals surface area contributed by atoms with Gasteiger partial charge in [-0.2, -0.15) is 0 Å². The van der Waals surface area contributed by atoms with Crippen molar-refractivity contribution in [2.75, 3.05) is 0 Å². The highest BCUT2D eigenvalue weighted by atomic mass is 35.5. The van der Waals surface area contributed by atoms with Crippen LogP contribution in [0.15, 0.2) is 30.0 Å². The molecule has 23 heavy (non-hydrogen) atoms. The number of carboxylic acids is 1. The van der Waals surface area contributed by atoms with E-state index in [-0.39, 0.29) is 5.41 Å². The third-order valence-electron chi connectivity index (χ3n) is 4.42. The Morgan fingerprint density at radius 2 is 1.91 bits per heavy atom. The van der Waals surface area contributed by atoms with Gasteiger partial charge in [-0.25, -0.2) is 4.79 Å². The molecule has 3 heteroatoms. The van der Waals surface area contributed by atoms with Crippen LogP contribution in [0.2, 0.25) is 5.02 Å². The first kappa shape index (κ1) is 17.8. The van der Waals surface area contributed by atoms with Crippen LogP contribution < -0.4 is 0 Å². The highest BCUT2D eigenvalue weighted by molar-refractivity contribution is 6.31. The maximum atomic E-state index is 10.8. The van der Waals surface area contributed by atoms with Gasteiger partial charge in [0.15, 0.2) is 0 Å². The molecule has 0 radical (unpaired) electrons. The van der Waals surface area contributed by atoms with E-state index in [1.165, 1.54) is 37.7 Å². The maximum Gasteiger partial charge on any atom is 0.336 e. The van der Waals surface area contributed by atoms with Crippen molar-refractivity contribution in [1.82, 2.24) is 0 Å². The second-order valence-corrected chi connectivity index (χ2v) is 7.73. The number of hydrogen-bond acceptors (Lipinski definition) is 1. The standard InChI is InChI=1S/C20H25ClO2/c1-20(2,3)17(11-12-19(22)23)15-9-10-16(18(21)13-15)14-7-5-4-6-8-14/h9-10,12-14H,4-8H2,1-3H3,(H,22,23). The summed E-state index contributed by atoms with van der Waals surface area (Å²) in [4.78, 5) is 10.8. The van der Waals surface area contributed by atoms with Gasteiger partial charge in [0.25, 0.3) is 0 Å². The van der Waals surface area contributed by atoms with Crippen LogP contribution in [0.4, 0.5) is 0 Å². The van der Waals surface area contributed by atoms with E-state index in [0.29, 0.717) is 5.92 Å². The third kappa shape index (κ3) is 4.73. The van der Waals surface area contributed by atoms with E-state index in [0.717, 1.165) is 22.2 Å². The maximum absolute atomic E-state index is 10.8. The molecule has 1 aromatic carbocycles. The fourth-order valence-electron chi connectivity index (χ4n) is 3.29. The van der Waals surface area contributed by atoms with Crippen molar-refractivity contribution >= 4 is 23.1 Å². The van der Waals surface area contributed by atoms with Gasteiger partial charge in [-0.05, 0) is 41.4 Å². The van der Waals surface area contributed by atoms with Gasteiger partial charge < -0.3 is 5.11 Å². The molecule has 1 aromatic rings. The van der Waals surface area contributed by atoms with Crippen molar-refractivity contribution in [2.45, 2.75) is 58.8 Å². The fraction of sp³-hybridized carbons (Fsp3) is 0.500. The first-order chi connectivity index (χ1) is 10.8. The number of carbonyl (C=O) groups is 1. The molecule has 124 valence electrons. The van der Waals surface area contributed by atoms with Crippen LogP contribution in [0.3, 0.4) is 0 Å². The Bertz CT molecular complexity index is 640. The second-order valence-electron chi connectivity index (χ2n) is 7.32. The molecule has 0 spiro atoms. The summed E-state index contributed by atoms with van der Waals surface area (Å²) in [6, 6.07) is 6.13. The summed E-state index contributed by atoms with van der Waals surface area (Å²) in [5.41, 5.74) is 5.76. The Morgan fingerprint density at radius 1 is 1.26 bits per heavy atom. The molecule has 0 bridgehead atoms. The zero-order valence-electron chi connectivity index (χ0n) is 14.2. The van der Waals surface area contributed by atoms with Gasteiger partial charge in [0.2, 0.25) is 0 Å². The van der Waals surface area contributed by atoms with Crippen molar-refractivity contribution in [2.24, 2.45) is 5.41 Å². The van der Waals surface area contributed by atoms with Crippen molar-refractivity contribution in [1.29, 1.82) is 0 Å². The van der Waals surface area contributed by atoms with Gasteiger partial charge in [0, 0.05) is 10.6 Å². The van der Waals surface area contributed by atoms with Gasteiger partial charge in [-0.3, -0.25) is 0 Å². The van der Waals surface area contributed by atoms with Crippen molar-refractivity contribution in [3.63, 3.8) is 0 Å². The van der Waals surface area contributed by atoms with E-state index in [2.05, 4.69) is 17.9 Å². The molecular weight excluding hydrogens is 308 g/mol. The van der Waals surface area contributed by atoms with E-state index < -0.39 is 5.97 Å². The zero-order chi connectivity index (χ0) is 17.0. The number of hydrogen-bond donors (Lipinski definition) is 1. The van der Waals surface area contributed by atoms with Crippen LogP contribution in [0, 0.1) is 5.41 Å². The summed E-state index contributed by atoms with van der Waals surface area (Å²) < 4.78 is 0. The number of aliphatic carboxylic acids is 1.